The van der Waals surface area contributed by atoms with Gasteiger partial charge in [-0.05, 0) is 62.6 Å². The molecule has 33 heteroatoms. The van der Waals surface area contributed by atoms with Crippen LogP contribution in [0.15, 0.2) is 64.0 Å². The number of benzene rings is 1. The van der Waals surface area contributed by atoms with Crippen molar-refractivity contribution in [1.82, 2.24) is 56.2 Å². The Morgan fingerprint density at radius 3 is 2.10 bits per heavy atom. The summed E-state index contributed by atoms with van der Waals surface area (Å²) in [7, 11) is 2.93. The Morgan fingerprint density at radius 1 is 0.698 bits per heavy atom. The number of amides is 5. The summed E-state index contributed by atoms with van der Waals surface area (Å²) in [5.74, 6) is -7.33. The van der Waals surface area contributed by atoms with Gasteiger partial charge in [0.25, 0.3) is 11.8 Å². The number of ketones is 1. The maximum atomic E-state index is 14.4. The van der Waals surface area contributed by atoms with Gasteiger partial charge in [0.15, 0.2) is 5.78 Å². The zero-order chi connectivity index (χ0) is 68.7. The van der Waals surface area contributed by atoms with E-state index in [4.69, 9.17) is 49.5 Å². The van der Waals surface area contributed by atoms with Crippen molar-refractivity contribution in [3.8, 4) is 43.4 Å². The highest BCUT2D eigenvalue weighted by Gasteiger charge is 2.34. The molecule has 9 rings (SSSR count). The monoisotopic (exact) mass is 1420 g/mol. The van der Waals surface area contributed by atoms with Gasteiger partial charge in [-0.25, -0.2) is 39.7 Å². The molecule has 8 N–H and O–H groups in total. The number of rotatable bonds is 23. The molecule has 506 valence electrons. The first-order valence-corrected chi connectivity index (χ1v) is 35.5. The van der Waals surface area contributed by atoms with E-state index < -0.39 is 84.2 Å². The Labute approximate surface area is 573 Å². The number of aliphatic hydroxyl groups is 1. The maximum absolute atomic E-state index is 14.4. The number of carboxylic acids is 3. The number of methoxy groups -OCH3 is 1. The largest absolute Gasteiger partial charge is 0.481 e. The van der Waals surface area contributed by atoms with E-state index in [-0.39, 0.29) is 123 Å². The van der Waals surface area contributed by atoms with Crippen LogP contribution in [0, 0.1) is 18.8 Å². The number of unbranched alkanes of at least 4 members (excludes halogenated alkanes) is 2. The van der Waals surface area contributed by atoms with Gasteiger partial charge in [-0.15, -0.1) is 68.0 Å². The molecule has 96 heavy (non-hydrogen) atoms. The number of hydrogen-bond acceptors (Lipinski definition) is 25. The molecular weight excluding hydrogens is 1360 g/mol. The number of carbonyl (C=O) groups excluding carboxylic acids is 6. The quantitative estimate of drug-likeness (QED) is 0.0276. The molecule has 1 aliphatic rings. The highest BCUT2D eigenvalue weighted by molar-refractivity contribution is 7.15. The van der Waals surface area contributed by atoms with Crippen molar-refractivity contribution in [1.29, 1.82) is 0 Å². The molecule has 2 unspecified atom stereocenters. The number of aromatic nitrogens is 7. The van der Waals surface area contributed by atoms with Crippen molar-refractivity contribution in [3.63, 3.8) is 0 Å². The van der Waals surface area contributed by atoms with Gasteiger partial charge in [-0.2, -0.15) is 0 Å². The topological polar surface area (TPSA) is 395 Å². The third-order valence-corrected chi connectivity index (χ3v) is 21.1. The summed E-state index contributed by atoms with van der Waals surface area (Å²) >= 11 is 6.98. The Bertz CT molecular complexity index is 4120. The summed E-state index contributed by atoms with van der Waals surface area (Å²) in [5, 5.41) is 60.0. The summed E-state index contributed by atoms with van der Waals surface area (Å²) in [6.45, 7) is 4.75. The molecule has 7 aromatic heterocycles. The van der Waals surface area contributed by atoms with Crippen LogP contribution in [0.3, 0.4) is 0 Å². The number of aryl methyl sites for hydroxylation is 1. The van der Waals surface area contributed by atoms with Gasteiger partial charge in [0, 0.05) is 77.8 Å². The number of hydrogen-bond donors (Lipinski definition) is 8. The van der Waals surface area contributed by atoms with Gasteiger partial charge >= 0.3 is 24.0 Å². The average molecular weight is 1430 g/mol. The first kappa shape index (κ1) is 71.6. The lowest BCUT2D eigenvalue weighted by Gasteiger charge is -2.23. The summed E-state index contributed by atoms with van der Waals surface area (Å²) in [6, 6.07) is 9.91. The fourth-order valence-electron chi connectivity index (χ4n) is 10.2. The standard InChI is InChI=1S/C63H68N12O15S6/c1-31(2)36-23-42(76)49-32(3)95-60(73-49)38(24-45(77)64-4)67-54(84)40-28-91-56(69-40)35-18-19-37(58-71-44(30-94-58)75(21-12-11-17-48(81)82)63(88)90-22-20-34(62(86)87)15-9-10-16-47(79)80)66-50(35)39-27-92-59(68-39)41-29-93-61(70-41)52(53(83)33-13-7-6-8-14-33)72-46(78)25-65-55(85)51-43(26-89-5)96-57(36)74-51/h6-8,13-14,18-19,27-31,34,36,38,52-53,83H,9-12,15-17,20-26H2,1-5H3,(H,64,77)(H,65,85)(H,67,84)(H,72,78)(H,79,80)(H,81,82)(H,86,87)/t34?,36?,38-,52-,53-/m0/s1. The summed E-state index contributed by atoms with van der Waals surface area (Å²) in [5.41, 5.74) is 2.31. The van der Waals surface area contributed by atoms with Gasteiger partial charge in [-0.3, -0.25) is 43.3 Å². The number of fused-ring (bicyclic) bond motifs is 14. The SMILES string of the molecule is CNC(=O)C[C@@H]1NC(=O)c2csc(n2)-c2ccc(-c3nc(N(CCCCC(=O)O)C(=O)OCCC(CCCCC(=O)O)C(=O)O)cs3)nc2-c2csc(n2)-c2csc(n2)[C@H]([C@@H](O)c2ccccc2)NC(=O)CNC(=O)c2nc(sc2COC)C(C(C)C)CC(=O)c2nc1sc2C. The van der Waals surface area contributed by atoms with E-state index in [1.165, 1.54) is 41.7 Å². The minimum Gasteiger partial charge on any atom is -0.481 e. The van der Waals surface area contributed by atoms with Gasteiger partial charge in [0.1, 0.15) is 77.2 Å². The number of nitrogens with zero attached hydrogens (tertiary/aromatic N) is 8. The molecule has 8 heterocycles. The molecule has 10 bridgehead atoms. The van der Waals surface area contributed by atoms with Crippen molar-refractivity contribution in [2.24, 2.45) is 11.8 Å². The summed E-state index contributed by atoms with van der Waals surface area (Å²) in [4.78, 5) is 155. The second-order valence-corrected chi connectivity index (χ2v) is 28.3. The molecule has 1 aromatic carbocycles. The fourth-order valence-corrected chi connectivity index (χ4v) is 15.8. The third kappa shape index (κ3) is 18.2. The van der Waals surface area contributed by atoms with Crippen LogP contribution < -0.4 is 26.2 Å². The predicted molar refractivity (Wildman–Crippen MR) is 360 cm³/mol. The number of aliphatic carboxylic acids is 3. The van der Waals surface area contributed by atoms with Crippen LogP contribution in [0.5, 0.6) is 0 Å². The second kappa shape index (κ2) is 33.3. The number of thiazole rings is 6. The smallest absolute Gasteiger partial charge is 0.415 e. The van der Waals surface area contributed by atoms with E-state index in [1.807, 2.05) is 13.8 Å². The molecule has 0 spiro atoms. The number of pyridine rings is 1. The predicted octanol–water partition coefficient (Wildman–Crippen LogP) is 10.1. The van der Waals surface area contributed by atoms with E-state index in [9.17, 15) is 58.5 Å². The van der Waals surface area contributed by atoms with E-state index >= 15 is 0 Å². The molecular formula is C63H68N12O15S6. The minimum atomic E-state index is -1.32. The molecule has 0 saturated heterocycles. The zero-order valence-corrected chi connectivity index (χ0v) is 57.4. The van der Waals surface area contributed by atoms with Crippen molar-refractivity contribution in [2.45, 2.75) is 116 Å². The van der Waals surface area contributed by atoms with Crippen LogP contribution in [0.4, 0.5) is 10.6 Å². The van der Waals surface area contributed by atoms with Crippen molar-refractivity contribution >= 4 is 127 Å². The molecule has 5 atom stereocenters. The lowest BCUT2D eigenvalue weighted by molar-refractivity contribution is -0.142. The highest BCUT2D eigenvalue weighted by atomic mass is 32.1. The van der Waals surface area contributed by atoms with Crippen LogP contribution in [-0.4, -0.2) is 143 Å². The first-order chi connectivity index (χ1) is 46.1. The highest BCUT2D eigenvalue weighted by Crippen LogP contribution is 2.41. The Balaban J connectivity index is 1.09. The Hall–Kier alpha value is -8.70. The zero-order valence-electron chi connectivity index (χ0n) is 52.5. The van der Waals surface area contributed by atoms with E-state index in [1.54, 1.807) is 70.9 Å². The normalized spacial score (nSPS) is 16.0. The third-order valence-electron chi connectivity index (χ3n) is 15.3. The number of nitrogens with one attached hydrogen (secondary N) is 4. The molecule has 0 saturated carbocycles. The van der Waals surface area contributed by atoms with Crippen LogP contribution >= 0.6 is 68.0 Å². The van der Waals surface area contributed by atoms with Gasteiger partial charge in [0.05, 0.1) is 53.7 Å². The number of aliphatic hydroxyl groups excluding tert-OH is 1. The first-order valence-electron chi connectivity index (χ1n) is 30.4. The average Bonchev–Trinajstić information content (AvgIpc) is 1.61. The molecule has 8 aromatic rings. The van der Waals surface area contributed by atoms with Crippen molar-refractivity contribution < 1.29 is 73.1 Å². The number of ether oxygens (including phenoxy) is 2. The van der Waals surface area contributed by atoms with Gasteiger partial charge in [-0.1, -0.05) is 50.6 Å². The summed E-state index contributed by atoms with van der Waals surface area (Å²) < 4.78 is 11.1. The Kier molecular flexibility index (Phi) is 24.8. The number of Topliss-reactive ketones (excluding diaryl/α,β-unsaturated/α-hetero) is 1. The minimum absolute atomic E-state index is 0.00337. The van der Waals surface area contributed by atoms with Crippen LogP contribution in [0.25, 0.3) is 43.4 Å². The number of carbonyl (C=O) groups is 9. The van der Waals surface area contributed by atoms with Crippen molar-refractivity contribution in [3.05, 3.63) is 111 Å². The van der Waals surface area contributed by atoms with E-state index in [0.29, 0.717) is 69.4 Å². The molecule has 27 nitrogen and oxygen atoms in total. The van der Waals surface area contributed by atoms with Gasteiger partial charge < -0.3 is 51.2 Å². The summed E-state index contributed by atoms with van der Waals surface area (Å²) in [6.07, 6.45) is -1.57. The number of carboxylic acid groups (broad SMARTS) is 3. The van der Waals surface area contributed by atoms with E-state index in [2.05, 4.69) is 21.3 Å². The van der Waals surface area contributed by atoms with Gasteiger partial charge in [0.2, 0.25) is 11.8 Å². The van der Waals surface area contributed by atoms with Crippen LogP contribution in [0.2, 0.25) is 0 Å². The lowest BCUT2D eigenvalue weighted by atomic mass is 9.90. The maximum Gasteiger partial charge on any atom is 0.415 e. The Morgan fingerprint density at radius 2 is 1.39 bits per heavy atom. The molecule has 0 aliphatic carbocycles. The molecule has 0 fully saturated rings. The number of anilines is 1. The molecule has 5 amide bonds. The van der Waals surface area contributed by atoms with Crippen molar-refractivity contribution in [2.75, 3.05) is 38.8 Å². The van der Waals surface area contributed by atoms with Crippen LogP contribution in [0.1, 0.15) is 164 Å². The lowest BCUT2D eigenvalue weighted by Crippen LogP contribution is -2.40. The molecule has 1 aliphatic heterocycles. The van der Waals surface area contributed by atoms with E-state index in [0.717, 1.165) is 45.3 Å². The van der Waals surface area contributed by atoms with Crippen LogP contribution in [-0.2, 0) is 40.1 Å². The second-order valence-electron chi connectivity index (χ2n) is 22.5. The molecule has 0 radical (unpaired) electrons. The fraction of sp³-hybridized carbons (Fsp3) is 0.397.